The van der Waals surface area contributed by atoms with E-state index in [9.17, 15) is 0 Å². The van der Waals surface area contributed by atoms with E-state index in [-0.39, 0.29) is 0 Å². The minimum Gasteiger partial charge on any atom is -0.458 e. The molecule has 3 rings (SSSR count). The van der Waals surface area contributed by atoms with Crippen molar-refractivity contribution in [3.63, 3.8) is 0 Å². The zero-order valence-electron chi connectivity index (χ0n) is 13.2. The van der Waals surface area contributed by atoms with Crippen LogP contribution >= 0.6 is 0 Å². The van der Waals surface area contributed by atoms with Crippen molar-refractivity contribution in [1.82, 2.24) is 0 Å². The first kappa shape index (κ1) is 14.5. The fourth-order valence-corrected chi connectivity index (χ4v) is 3.30. The summed E-state index contributed by atoms with van der Waals surface area (Å²) in [6, 6.07) is 6.43. The predicted octanol–water partition coefficient (Wildman–Crippen LogP) is 5.93. The first-order chi connectivity index (χ1) is 10.3. The number of hydrogen-bond acceptors (Lipinski definition) is 2. The summed E-state index contributed by atoms with van der Waals surface area (Å²) < 4.78 is 6.24. The molecule has 2 nitrogen and oxygen atoms in total. The van der Waals surface area contributed by atoms with E-state index in [0.717, 1.165) is 24.3 Å². The van der Waals surface area contributed by atoms with E-state index in [1.807, 2.05) is 0 Å². The van der Waals surface area contributed by atoms with Crippen molar-refractivity contribution in [2.75, 3.05) is 5.32 Å². The van der Waals surface area contributed by atoms with Crippen LogP contribution in [0.15, 0.2) is 29.7 Å². The molecule has 0 bridgehead atoms. The topological polar surface area (TPSA) is 21.3 Å². The number of rotatable bonds is 0. The van der Waals surface area contributed by atoms with Crippen LogP contribution in [-0.2, 0) is 0 Å². The highest BCUT2D eigenvalue weighted by Crippen LogP contribution is 2.36. The van der Waals surface area contributed by atoms with Crippen molar-refractivity contribution in [3.8, 4) is 5.75 Å². The van der Waals surface area contributed by atoms with Gasteiger partial charge in [-0.25, -0.2) is 0 Å². The second kappa shape index (κ2) is 7.02. The summed E-state index contributed by atoms with van der Waals surface area (Å²) in [6.45, 7) is 2.12. The normalized spacial score (nSPS) is 20.2. The van der Waals surface area contributed by atoms with Crippen molar-refractivity contribution < 1.29 is 4.74 Å². The van der Waals surface area contributed by atoms with Gasteiger partial charge in [-0.2, -0.15) is 0 Å². The number of hydrogen-bond donors (Lipinski definition) is 1. The van der Waals surface area contributed by atoms with Crippen LogP contribution < -0.4 is 10.1 Å². The monoisotopic (exact) mass is 285 g/mol. The molecule has 1 N–H and O–H groups in total. The van der Waals surface area contributed by atoms with Crippen molar-refractivity contribution in [2.24, 2.45) is 0 Å². The molecule has 0 radical (unpaired) electrons. The maximum absolute atomic E-state index is 6.24. The Labute approximate surface area is 128 Å². The molecule has 0 unspecified atom stereocenters. The Morgan fingerprint density at radius 1 is 0.857 bits per heavy atom. The zero-order chi connectivity index (χ0) is 14.5. The quantitative estimate of drug-likeness (QED) is 0.638. The predicted molar refractivity (Wildman–Crippen MR) is 88.6 cm³/mol. The Morgan fingerprint density at radius 2 is 1.52 bits per heavy atom. The number of fused-ring (bicyclic) bond motifs is 1. The van der Waals surface area contributed by atoms with Crippen LogP contribution in [0.1, 0.15) is 69.8 Å². The fraction of sp³-hybridized carbons (Fsp3) is 0.579. The van der Waals surface area contributed by atoms with Gasteiger partial charge in [-0.1, -0.05) is 44.6 Å². The van der Waals surface area contributed by atoms with Crippen molar-refractivity contribution in [3.05, 3.63) is 35.2 Å². The van der Waals surface area contributed by atoms with E-state index in [4.69, 9.17) is 4.74 Å². The first-order valence-electron chi connectivity index (χ1n) is 8.60. The Balaban J connectivity index is 1.76. The lowest BCUT2D eigenvalue weighted by molar-refractivity contribution is 0.378. The summed E-state index contributed by atoms with van der Waals surface area (Å²) in [5, 5.41) is 3.63. The summed E-state index contributed by atoms with van der Waals surface area (Å²) in [6.07, 6.45) is 13.0. The Hall–Kier alpha value is -1.44. The van der Waals surface area contributed by atoms with Gasteiger partial charge in [0.25, 0.3) is 0 Å². The molecule has 0 atom stereocenters. The van der Waals surface area contributed by atoms with Gasteiger partial charge >= 0.3 is 0 Å². The van der Waals surface area contributed by atoms with Crippen LogP contribution in [-0.4, -0.2) is 0 Å². The number of anilines is 1. The van der Waals surface area contributed by atoms with Crippen LogP contribution in [0.4, 0.5) is 5.69 Å². The molecular formula is C19H27NO. The van der Waals surface area contributed by atoms with Gasteiger partial charge < -0.3 is 10.1 Å². The Bertz CT molecular complexity index is 518. The first-order valence-corrected chi connectivity index (χ1v) is 8.60. The molecule has 0 saturated carbocycles. The summed E-state index contributed by atoms with van der Waals surface area (Å²) >= 11 is 0. The third-order valence-electron chi connectivity index (χ3n) is 4.57. The van der Waals surface area contributed by atoms with E-state index in [1.165, 1.54) is 68.4 Å². The fourth-order valence-electron chi connectivity index (χ4n) is 3.30. The smallest absolute Gasteiger partial charge is 0.150 e. The Morgan fingerprint density at radius 3 is 2.29 bits per heavy atom. The molecule has 1 aromatic carbocycles. The van der Waals surface area contributed by atoms with E-state index in [1.54, 1.807) is 0 Å². The molecule has 2 aliphatic rings. The van der Waals surface area contributed by atoms with Gasteiger partial charge in [0.1, 0.15) is 5.76 Å². The van der Waals surface area contributed by atoms with Crippen LogP contribution in [0, 0.1) is 6.92 Å². The number of benzene rings is 1. The van der Waals surface area contributed by atoms with Gasteiger partial charge in [-0.15, -0.1) is 0 Å². The molecule has 2 heteroatoms. The van der Waals surface area contributed by atoms with Gasteiger partial charge in [-0.3, -0.25) is 0 Å². The third-order valence-corrected chi connectivity index (χ3v) is 4.57. The molecule has 0 aromatic heterocycles. The number of aryl methyl sites for hydroxylation is 1. The summed E-state index contributed by atoms with van der Waals surface area (Å²) in [7, 11) is 0. The molecule has 0 amide bonds. The maximum atomic E-state index is 6.24. The number of nitrogens with one attached hydrogen (secondary N) is 1. The molecule has 0 saturated heterocycles. The minimum absolute atomic E-state index is 1.00. The summed E-state index contributed by atoms with van der Waals surface area (Å²) in [5.74, 6) is 2.19. The standard InChI is InChI=1S/C19H27NO/c1-15-12-13-17-19(14-15)21-18-11-9-7-5-3-2-4-6-8-10-16(18)20-17/h12-14,20H,2-11H2,1H3. The van der Waals surface area contributed by atoms with Gasteiger partial charge in [0.15, 0.2) is 5.75 Å². The molecule has 1 aliphatic carbocycles. The van der Waals surface area contributed by atoms with E-state index >= 15 is 0 Å². The lowest BCUT2D eigenvalue weighted by Crippen LogP contribution is -2.15. The lowest BCUT2D eigenvalue weighted by atomic mass is 10.0. The van der Waals surface area contributed by atoms with E-state index < -0.39 is 0 Å². The number of allylic oxidation sites excluding steroid dienone is 2. The average Bonchev–Trinajstić information content (AvgIpc) is 2.47. The Kier molecular flexibility index (Phi) is 4.84. The average molecular weight is 285 g/mol. The molecule has 0 fully saturated rings. The van der Waals surface area contributed by atoms with Crippen molar-refractivity contribution >= 4 is 5.69 Å². The largest absolute Gasteiger partial charge is 0.458 e. The van der Waals surface area contributed by atoms with E-state index in [2.05, 4.69) is 30.4 Å². The second-order valence-corrected chi connectivity index (χ2v) is 6.46. The summed E-state index contributed by atoms with van der Waals surface area (Å²) in [5.41, 5.74) is 3.71. The van der Waals surface area contributed by atoms with Crippen LogP contribution in [0.25, 0.3) is 0 Å². The minimum atomic E-state index is 1.00. The van der Waals surface area contributed by atoms with Crippen molar-refractivity contribution in [2.45, 2.75) is 71.1 Å². The molecular weight excluding hydrogens is 258 g/mol. The van der Waals surface area contributed by atoms with Crippen LogP contribution in [0.5, 0.6) is 5.75 Å². The van der Waals surface area contributed by atoms with Crippen molar-refractivity contribution in [1.29, 1.82) is 0 Å². The molecule has 1 aliphatic heterocycles. The highest BCUT2D eigenvalue weighted by Gasteiger charge is 2.19. The van der Waals surface area contributed by atoms with E-state index in [0.29, 0.717) is 0 Å². The zero-order valence-corrected chi connectivity index (χ0v) is 13.2. The van der Waals surface area contributed by atoms with Gasteiger partial charge in [-0.05, 0) is 43.9 Å². The van der Waals surface area contributed by atoms with Crippen LogP contribution in [0.3, 0.4) is 0 Å². The molecule has 0 spiro atoms. The maximum Gasteiger partial charge on any atom is 0.150 e. The molecule has 1 aromatic rings. The highest BCUT2D eigenvalue weighted by atomic mass is 16.5. The van der Waals surface area contributed by atoms with Gasteiger partial charge in [0.05, 0.1) is 11.4 Å². The lowest BCUT2D eigenvalue weighted by Gasteiger charge is -2.26. The SMILES string of the molecule is Cc1ccc2c(c1)OC1=C(CCCCCCCCCC1)N2. The number of ether oxygens (including phenoxy) is 1. The molecule has 114 valence electrons. The molecule has 21 heavy (non-hydrogen) atoms. The molecule has 1 heterocycles. The van der Waals surface area contributed by atoms with Crippen LogP contribution in [0.2, 0.25) is 0 Å². The second-order valence-electron chi connectivity index (χ2n) is 6.46. The van der Waals surface area contributed by atoms with Gasteiger partial charge in [0.2, 0.25) is 0 Å². The summed E-state index contributed by atoms with van der Waals surface area (Å²) in [4.78, 5) is 0. The third kappa shape index (κ3) is 3.81. The highest BCUT2D eigenvalue weighted by molar-refractivity contribution is 5.63. The van der Waals surface area contributed by atoms with Gasteiger partial charge in [0, 0.05) is 6.42 Å².